The van der Waals surface area contributed by atoms with E-state index in [0.29, 0.717) is 5.25 Å². The van der Waals surface area contributed by atoms with Crippen LogP contribution in [0.2, 0.25) is 0 Å². The highest BCUT2D eigenvalue weighted by Gasteiger charge is 2.13. The van der Waals surface area contributed by atoms with Gasteiger partial charge < -0.3 is 4.57 Å². The van der Waals surface area contributed by atoms with E-state index in [1.54, 1.807) is 11.8 Å². The van der Waals surface area contributed by atoms with Crippen LogP contribution in [0.3, 0.4) is 0 Å². The van der Waals surface area contributed by atoms with Gasteiger partial charge in [0.2, 0.25) is 5.16 Å². The number of rotatable bonds is 2. The Balaban J connectivity index is 2.29. The van der Waals surface area contributed by atoms with Crippen LogP contribution in [0, 0.1) is 0 Å². The minimum absolute atomic E-state index is 0.447. The minimum atomic E-state index is 0.447. The number of hydrogen-bond donors (Lipinski definition) is 0. The third-order valence-electron chi connectivity index (χ3n) is 2.88. The summed E-state index contributed by atoms with van der Waals surface area (Å²) in [6.45, 7) is 4.24. The molecule has 2 aromatic heterocycles. The monoisotopic (exact) mass is 336 g/mol. The van der Waals surface area contributed by atoms with Gasteiger partial charge in [-0.25, -0.2) is 4.98 Å². The van der Waals surface area contributed by atoms with Gasteiger partial charge in [0.25, 0.3) is 0 Å². The van der Waals surface area contributed by atoms with Crippen molar-refractivity contribution in [1.29, 1.82) is 0 Å². The maximum atomic E-state index is 4.62. The molecule has 0 saturated carbocycles. The highest BCUT2D eigenvalue weighted by Crippen LogP contribution is 2.29. The predicted molar refractivity (Wildman–Crippen MR) is 82.5 cm³/mol. The number of thioether (sulfide) groups is 1. The number of halogens is 1. The Labute approximate surface area is 123 Å². The lowest BCUT2D eigenvalue weighted by atomic mass is 10.2. The SMILES string of the molecule is CC(C)Sc1nnc2c3cc(Br)ccc3n(C)c2n1. The Hall–Kier alpha value is -1.14. The molecule has 4 nitrogen and oxygen atoms in total. The molecular formula is C13H13BrN4S. The van der Waals surface area contributed by atoms with Crippen molar-refractivity contribution in [3.63, 3.8) is 0 Å². The lowest BCUT2D eigenvalue weighted by Gasteiger charge is -2.02. The van der Waals surface area contributed by atoms with Crippen molar-refractivity contribution < 1.29 is 0 Å². The normalized spacial score (nSPS) is 11.8. The first-order chi connectivity index (χ1) is 9.06. The number of nitrogens with zero attached hydrogens (tertiary/aromatic N) is 4. The van der Waals surface area contributed by atoms with Gasteiger partial charge in [0, 0.05) is 22.2 Å². The van der Waals surface area contributed by atoms with E-state index in [1.165, 1.54) is 0 Å². The van der Waals surface area contributed by atoms with Gasteiger partial charge in [-0.2, -0.15) is 0 Å². The van der Waals surface area contributed by atoms with Crippen molar-refractivity contribution in [2.45, 2.75) is 24.3 Å². The standard InChI is InChI=1S/C13H13BrN4S/c1-7(2)19-13-15-12-11(16-17-13)9-6-8(14)4-5-10(9)18(12)3/h4-7H,1-3H3. The summed E-state index contributed by atoms with van der Waals surface area (Å²) < 4.78 is 3.10. The molecule has 0 saturated heterocycles. The molecule has 0 unspecified atom stereocenters. The highest BCUT2D eigenvalue weighted by molar-refractivity contribution is 9.10. The van der Waals surface area contributed by atoms with Gasteiger partial charge in [-0.3, -0.25) is 0 Å². The van der Waals surface area contributed by atoms with Crippen molar-refractivity contribution in [2.24, 2.45) is 7.05 Å². The predicted octanol–water partition coefficient (Wildman–Crippen LogP) is 3.78. The van der Waals surface area contributed by atoms with E-state index in [-0.39, 0.29) is 0 Å². The third kappa shape index (κ3) is 2.23. The minimum Gasteiger partial charge on any atom is -0.327 e. The van der Waals surface area contributed by atoms with Crippen molar-refractivity contribution in [1.82, 2.24) is 19.7 Å². The van der Waals surface area contributed by atoms with E-state index >= 15 is 0 Å². The van der Waals surface area contributed by atoms with Crippen molar-refractivity contribution in [2.75, 3.05) is 0 Å². The number of fused-ring (bicyclic) bond motifs is 3. The summed E-state index contributed by atoms with van der Waals surface area (Å²) in [5.41, 5.74) is 2.85. The number of benzene rings is 1. The Morgan fingerprint density at radius 2 is 2.05 bits per heavy atom. The second-order valence-electron chi connectivity index (χ2n) is 4.65. The molecule has 0 atom stereocenters. The van der Waals surface area contributed by atoms with Crippen LogP contribution >= 0.6 is 27.7 Å². The Bertz CT molecular complexity index is 766. The molecular weight excluding hydrogens is 324 g/mol. The third-order valence-corrected chi connectivity index (χ3v) is 4.23. The quantitative estimate of drug-likeness (QED) is 0.668. The molecule has 0 bridgehead atoms. The molecule has 0 spiro atoms. The number of hydrogen-bond acceptors (Lipinski definition) is 4. The molecule has 2 heterocycles. The zero-order valence-corrected chi connectivity index (χ0v) is 13.3. The largest absolute Gasteiger partial charge is 0.327 e. The van der Waals surface area contributed by atoms with Crippen LogP contribution < -0.4 is 0 Å². The Kier molecular flexibility index (Phi) is 3.22. The number of aromatic nitrogens is 4. The second kappa shape index (κ2) is 4.76. The van der Waals surface area contributed by atoms with E-state index in [1.807, 2.05) is 13.1 Å². The van der Waals surface area contributed by atoms with E-state index < -0.39 is 0 Å². The van der Waals surface area contributed by atoms with Crippen LogP contribution in [-0.2, 0) is 7.05 Å². The van der Waals surface area contributed by atoms with Crippen LogP contribution in [0.15, 0.2) is 27.8 Å². The van der Waals surface area contributed by atoms with E-state index in [0.717, 1.165) is 31.7 Å². The summed E-state index contributed by atoms with van der Waals surface area (Å²) in [6, 6.07) is 6.15. The fourth-order valence-electron chi connectivity index (χ4n) is 2.08. The summed E-state index contributed by atoms with van der Waals surface area (Å²) in [5, 5.41) is 10.8. The van der Waals surface area contributed by atoms with Crippen molar-refractivity contribution in [3.8, 4) is 0 Å². The molecule has 0 N–H and O–H groups in total. The average molecular weight is 337 g/mol. The first-order valence-corrected chi connectivity index (χ1v) is 7.68. The molecule has 0 fully saturated rings. The van der Waals surface area contributed by atoms with Gasteiger partial charge in [-0.15, -0.1) is 10.2 Å². The number of aryl methyl sites for hydroxylation is 1. The second-order valence-corrected chi connectivity index (χ2v) is 7.11. The summed E-state index contributed by atoms with van der Waals surface area (Å²) in [6.07, 6.45) is 0. The van der Waals surface area contributed by atoms with Gasteiger partial charge in [0.15, 0.2) is 5.65 Å². The maximum Gasteiger partial charge on any atom is 0.211 e. The van der Waals surface area contributed by atoms with Gasteiger partial charge in [0.1, 0.15) is 5.52 Å². The van der Waals surface area contributed by atoms with Crippen LogP contribution in [-0.4, -0.2) is 25.0 Å². The molecule has 98 valence electrons. The smallest absolute Gasteiger partial charge is 0.211 e. The van der Waals surface area contributed by atoms with Crippen LogP contribution in [0.1, 0.15) is 13.8 Å². The lowest BCUT2D eigenvalue weighted by molar-refractivity contribution is 0.851. The average Bonchev–Trinajstić information content (AvgIpc) is 2.62. The van der Waals surface area contributed by atoms with Crippen LogP contribution in [0.25, 0.3) is 22.1 Å². The first-order valence-electron chi connectivity index (χ1n) is 6.01. The van der Waals surface area contributed by atoms with Gasteiger partial charge in [-0.05, 0) is 18.2 Å². The summed E-state index contributed by atoms with van der Waals surface area (Å²) in [7, 11) is 2.01. The molecule has 0 aliphatic rings. The fourth-order valence-corrected chi connectivity index (χ4v) is 3.09. The van der Waals surface area contributed by atoms with Crippen LogP contribution in [0.5, 0.6) is 0 Å². The summed E-state index contributed by atoms with van der Waals surface area (Å²) in [4.78, 5) is 4.62. The van der Waals surface area contributed by atoms with Crippen LogP contribution in [0.4, 0.5) is 0 Å². The van der Waals surface area contributed by atoms with E-state index in [4.69, 9.17) is 0 Å². The van der Waals surface area contributed by atoms with Gasteiger partial charge in [0.05, 0.1) is 5.52 Å². The van der Waals surface area contributed by atoms with Crippen molar-refractivity contribution in [3.05, 3.63) is 22.7 Å². The van der Waals surface area contributed by atoms with Crippen molar-refractivity contribution >= 4 is 49.8 Å². The maximum absolute atomic E-state index is 4.62. The zero-order chi connectivity index (χ0) is 13.6. The molecule has 6 heteroatoms. The highest BCUT2D eigenvalue weighted by atomic mass is 79.9. The zero-order valence-electron chi connectivity index (χ0n) is 10.9. The molecule has 3 rings (SSSR count). The molecule has 0 aliphatic carbocycles. The Morgan fingerprint density at radius 3 is 2.79 bits per heavy atom. The molecule has 0 aliphatic heterocycles. The molecule has 0 amide bonds. The Morgan fingerprint density at radius 1 is 1.26 bits per heavy atom. The summed E-state index contributed by atoms with van der Waals surface area (Å²) in [5.74, 6) is 0. The van der Waals surface area contributed by atoms with Gasteiger partial charge >= 0.3 is 0 Å². The first kappa shape index (κ1) is 12.9. The molecule has 0 radical (unpaired) electrons. The van der Waals surface area contributed by atoms with Gasteiger partial charge in [-0.1, -0.05) is 41.5 Å². The molecule has 19 heavy (non-hydrogen) atoms. The summed E-state index contributed by atoms with van der Waals surface area (Å²) >= 11 is 5.12. The lowest BCUT2D eigenvalue weighted by Crippen LogP contribution is -1.97. The molecule has 3 aromatic rings. The molecule has 1 aromatic carbocycles. The van der Waals surface area contributed by atoms with E-state index in [9.17, 15) is 0 Å². The van der Waals surface area contributed by atoms with E-state index in [2.05, 4.69) is 61.7 Å². The topological polar surface area (TPSA) is 43.6 Å². The fraction of sp³-hybridized carbons (Fsp3) is 0.308.